The molecular weight excluding hydrogens is 246 g/mol. The van der Waals surface area contributed by atoms with E-state index in [1.165, 1.54) is 5.56 Å². The zero-order chi connectivity index (χ0) is 14.6. The van der Waals surface area contributed by atoms with Gasteiger partial charge in [-0.05, 0) is 24.1 Å². The molecule has 102 valence electrons. The highest BCUT2D eigenvalue weighted by molar-refractivity contribution is 5.55. The molecule has 0 aliphatic carbocycles. The van der Waals surface area contributed by atoms with Gasteiger partial charge in [0, 0.05) is 18.2 Å². The molecule has 0 saturated carbocycles. The highest BCUT2D eigenvalue weighted by Gasteiger charge is 2.20. The molecule has 1 aromatic carbocycles. The van der Waals surface area contributed by atoms with Gasteiger partial charge < -0.3 is 5.32 Å². The van der Waals surface area contributed by atoms with Crippen molar-refractivity contribution in [2.24, 2.45) is 0 Å². The van der Waals surface area contributed by atoms with Gasteiger partial charge in [-0.25, -0.2) is 4.98 Å². The third-order valence-corrected chi connectivity index (χ3v) is 3.52. The molecule has 0 aliphatic heterocycles. The molecule has 1 aromatic heterocycles. The Morgan fingerprint density at radius 2 is 1.90 bits per heavy atom. The maximum atomic E-state index is 9.22. The van der Waals surface area contributed by atoms with Crippen LogP contribution in [-0.4, -0.2) is 11.5 Å². The fourth-order valence-electron chi connectivity index (χ4n) is 2.13. The van der Waals surface area contributed by atoms with E-state index in [9.17, 15) is 5.26 Å². The highest BCUT2D eigenvalue weighted by Crippen LogP contribution is 2.24. The Balaban J connectivity index is 2.17. The first-order valence-electron chi connectivity index (χ1n) is 6.70. The number of hydrogen-bond acceptors (Lipinski definition) is 3. The lowest BCUT2D eigenvalue weighted by molar-refractivity contribution is 0.556. The average molecular weight is 265 g/mol. The number of aromatic nitrogens is 1. The van der Waals surface area contributed by atoms with Gasteiger partial charge in [-0.2, -0.15) is 5.26 Å². The summed E-state index contributed by atoms with van der Waals surface area (Å²) in [6, 6.07) is 14.4. The summed E-state index contributed by atoms with van der Waals surface area (Å²) in [5.41, 5.74) is 2.80. The van der Waals surface area contributed by atoms with Crippen LogP contribution in [0.3, 0.4) is 0 Å². The van der Waals surface area contributed by atoms with Gasteiger partial charge in [-0.15, -0.1) is 0 Å². The van der Waals surface area contributed by atoms with E-state index in [-0.39, 0.29) is 5.41 Å². The number of hydrogen-bond donors (Lipinski definition) is 1. The van der Waals surface area contributed by atoms with Crippen LogP contribution in [0.4, 0.5) is 5.82 Å². The first-order chi connectivity index (χ1) is 9.54. The van der Waals surface area contributed by atoms with Crippen molar-refractivity contribution in [2.75, 3.05) is 11.9 Å². The fraction of sp³-hybridized carbons (Fsp3) is 0.294. The summed E-state index contributed by atoms with van der Waals surface area (Å²) in [6.07, 6.45) is 1.73. The highest BCUT2D eigenvalue weighted by atomic mass is 15.0. The maximum Gasteiger partial charge on any atom is 0.144 e. The van der Waals surface area contributed by atoms with Crippen LogP contribution in [0, 0.1) is 18.3 Å². The molecule has 0 amide bonds. The molecule has 0 radical (unpaired) electrons. The number of pyridine rings is 1. The van der Waals surface area contributed by atoms with Crippen molar-refractivity contribution in [3.63, 3.8) is 0 Å². The van der Waals surface area contributed by atoms with Crippen LogP contribution in [0.2, 0.25) is 0 Å². The smallest absolute Gasteiger partial charge is 0.144 e. The Labute approximate surface area is 120 Å². The molecule has 3 heteroatoms. The van der Waals surface area contributed by atoms with Crippen LogP contribution in [-0.2, 0) is 5.41 Å². The van der Waals surface area contributed by atoms with Gasteiger partial charge >= 0.3 is 0 Å². The number of aryl methyl sites for hydroxylation is 1. The Bertz CT molecular complexity index is 624. The first kappa shape index (κ1) is 14.1. The lowest BCUT2D eigenvalue weighted by Gasteiger charge is -2.26. The Morgan fingerprint density at radius 1 is 1.20 bits per heavy atom. The van der Waals surface area contributed by atoms with Crippen molar-refractivity contribution in [1.82, 2.24) is 4.98 Å². The summed E-state index contributed by atoms with van der Waals surface area (Å²) in [7, 11) is 0. The second-order valence-electron chi connectivity index (χ2n) is 5.57. The number of benzene rings is 1. The van der Waals surface area contributed by atoms with Crippen LogP contribution in [0.5, 0.6) is 0 Å². The van der Waals surface area contributed by atoms with Gasteiger partial charge in [-0.1, -0.05) is 44.2 Å². The Morgan fingerprint density at radius 3 is 2.55 bits per heavy atom. The van der Waals surface area contributed by atoms with Gasteiger partial charge in [-0.3, -0.25) is 0 Å². The zero-order valence-corrected chi connectivity index (χ0v) is 12.1. The minimum Gasteiger partial charge on any atom is -0.368 e. The van der Waals surface area contributed by atoms with E-state index < -0.39 is 0 Å². The van der Waals surface area contributed by atoms with E-state index in [2.05, 4.69) is 42.4 Å². The summed E-state index contributed by atoms with van der Waals surface area (Å²) in [6.45, 7) is 7.00. The monoisotopic (exact) mass is 265 g/mol. The molecule has 0 fully saturated rings. The molecule has 0 aliphatic rings. The van der Waals surface area contributed by atoms with E-state index in [1.807, 2.05) is 31.2 Å². The quantitative estimate of drug-likeness (QED) is 0.918. The molecule has 0 bridgehead atoms. The van der Waals surface area contributed by atoms with Gasteiger partial charge in [0.2, 0.25) is 0 Å². The molecule has 2 aromatic rings. The molecule has 1 N–H and O–H groups in total. The summed E-state index contributed by atoms with van der Waals surface area (Å²) >= 11 is 0. The predicted octanol–water partition coefficient (Wildman–Crippen LogP) is 3.65. The lowest BCUT2D eigenvalue weighted by Crippen LogP contribution is -2.28. The van der Waals surface area contributed by atoms with Crippen LogP contribution in [0.1, 0.15) is 30.5 Å². The zero-order valence-electron chi connectivity index (χ0n) is 12.1. The van der Waals surface area contributed by atoms with Crippen LogP contribution in [0.15, 0.2) is 42.6 Å². The van der Waals surface area contributed by atoms with Crippen molar-refractivity contribution in [3.8, 4) is 6.07 Å². The van der Waals surface area contributed by atoms with Crippen molar-refractivity contribution in [1.29, 1.82) is 5.26 Å². The fourth-order valence-corrected chi connectivity index (χ4v) is 2.13. The van der Waals surface area contributed by atoms with E-state index in [0.717, 1.165) is 12.1 Å². The summed E-state index contributed by atoms with van der Waals surface area (Å²) in [5, 5.41) is 12.5. The number of nitrogens with zero attached hydrogens (tertiary/aromatic N) is 2. The minimum atomic E-state index is -0.0284. The van der Waals surface area contributed by atoms with Crippen molar-refractivity contribution in [2.45, 2.75) is 26.2 Å². The number of rotatable bonds is 4. The molecular formula is C17H19N3. The van der Waals surface area contributed by atoms with Gasteiger partial charge in [0.15, 0.2) is 0 Å². The van der Waals surface area contributed by atoms with Gasteiger partial charge in [0.1, 0.15) is 11.9 Å². The largest absolute Gasteiger partial charge is 0.368 e. The average Bonchev–Trinajstić information content (AvgIpc) is 2.46. The first-order valence-corrected chi connectivity index (χ1v) is 6.70. The maximum absolute atomic E-state index is 9.22. The van der Waals surface area contributed by atoms with Crippen molar-refractivity contribution < 1.29 is 0 Å². The molecule has 0 atom stereocenters. The Kier molecular flexibility index (Phi) is 4.05. The number of anilines is 1. The van der Waals surface area contributed by atoms with Crippen LogP contribution in [0.25, 0.3) is 0 Å². The normalized spacial score (nSPS) is 10.9. The van der Waals surface area contributed by atoms with Gasteiger partial charge in [0.05, 0.1) is 5.56 Å². The molecule has 0 saturated heterocycles. The van der Waals surface area contributed by atoms with Crippen molar-refractivity contribution in [3.05, 3.63) is 59.3 Å². The van der Waals surface area contributed by atoms with E-state index in [0.29, 0.717) is 11.4 Å². The lowest BCUT2D eigenvalue weighted by atomic mass is 9.84. The van der Waals surface area contributed by atoms with Crippen molar-refractivity contribution >= 4 is 5.82 Å². The van der Waals surface area contributed by atoms with Crippen LogP contribution < -0.4 is 5.32 Å². The molecule has 0 unspecified atom stereocenters. The topological polar surface area (TPSA) is 48.7 Å². The second kappa shape index (κ2) is 5.75. The third kappa shape index (κ3) is 2.97. The molecule has 1 heterocycles. The standard InChI is InChI=1S/C17H19N3/c1-13-9-10-19-16(15(13)11-18)20-12-17(2,3)14-7-5-4-6-8-14/h4-10H,12H2,1-3H3,(H,19,20). The van der Waals surface area contributed by atoms with E-state index >= 15 is 0 Å². The second-order valence-corrected chi connectivity index (χ2v) is 5.57. The third-order valence-electron chi connectivity index (χ3n) is 3.52. The summed E-state index contributed by atoms with van der Waals surface area (Å²) in [5.74, 6) is 0.663. The summed E-state index contributed by atoms with van der Waals surface area (Å²) in [4.78, 5) is 4.27. The molecule has 20 heavy (non-hydrogen) atoms. The van der Waals surface area contributed by atoms with E-state index in [1.54, 1.807) is 6.20 Å². The number of nitriles is 1. The molecule has 2 rings (SSSR count). The van der Waals surface area contributed by atoms with E-state index in [4.69, 9.17) is 0 Å². The predicted molar refractivity (Wildman–Crippen MR) is 81.6 cm³/mol. The Hall–Kier alpha value is -2.34. The molecule has 0 spiro atoms. The summed E-state index contributed by atoms with van der Waals surface area (Å²) < 4.78 is 0. The minimum absolute atomic E-state index is 0.0284. The van der Waals surface area contributed by atoms with Crippen LogP contribution >= 0.6 is 0 Å². The number of nitrogens with one attached hydrogen (secondary N) is 1. The SMILES string of the molecule is Cc1ccnc(NCC(C)(C)c2ccccc2)c1C#N. The molecule has 3 nitrogen and oxygen atoms in total. The van der Waals surface area contributed by atoms with Gasteiger partial charge in [0.25, 0.3) is 0 Å².